The van der Waals surface area contributed by atoms with Crippen molar-refractivity contribution in [1.29, 1.82) is 0 Å². The summed E-state index contributed by atoms with van der Waals surface area (Å²) in [6, 6.07) is 4.73. The summed E-state index contributed by atoms with van der Waals surface area (Å²) in [5.41, 5.74) is 2.62. The molecule has 1 fully saturated rings. The van der Waals surface area contributed by atoms with Gasteiger partial charge in [-0.1, -0.05) is 11.2 Å². The molecule has 1 aromatic heterocycles. The molecule has 7 heteroatoms. The van der Waals surface area contributed by atoms with Gasteiger partial charge in [0.2, 0.25) is 11.8 Å². The minimum Gasteiger partial charge on any atom is -0.361 e. The van der Waals surface area contributed by atoms with Gasteiger partial charge in [0.05, 0.1) is 23.8 Å². The number of amides is 2. The molecule has 0 saturated carbocycles. The van der Waals surface area contributed by atoms with Gasteiger partial charge in [0.25, 0.3) is 0 Å². The lowest BCUT2D eigenvalue weighted by Gasteiger charge is -2.21. The molecular weight excluding hydrogens is 337 g/mol. The summed E-state index contributed by atoms with van der Waals surface area (Å²) in [7, 11) is 1.69. The SMILES string of the molecule is Cc1ccc(N2CC(C(=O)N(C)Cc3c(C)noc3C)CC2=O)c(F)c1. The van der Waals surface area contributed by atoms with Crippen molar-refractivity contribution in [3.05, 3.63) is 46.6 Å². The molecule has 1 saturated heterocycles. The molecule has 0 bridgehead atoms. The number of anilines is 1. The van der Waals surface area contributed by atoms with Gasteiger partial charge >= 0.3 is 0 Å². The Hall–Kier alpha value is -2.70. The molecule has 138 valence electrons. The van der Waals surface area contributed by atoms with Crippen molar-refractivity contribution < 1.29 is 18.5 Å². The highest BCUT2D eigenvalue weighted by molar-refractivity contribution is 6.00. The van der Waals surface area contributed by atoms with E-state index in [0.717, 1.165) is 16.8 Å². The summed E-state index contributed by atoms with van der Waals surface area (Å²) in [6.45, 7) is 5.96. The normalized spacial score (nSPS) is 17.0. The van der Waals surface area contributed by atoms with Gasteiger partial charge in [-0.25, -0.2) is 4.39 Å². The van der Waals surface area contributed by atoms with Gasteiger partial charge in [0.1, 0.15) is 11.6 Å². The number of carbonyl (C=O) groups excluding carboxylic acids is 2. The number of carbonyl (C=O) groups is 2. The van der Waals surface area contributed by atoms with E-state index in [1.165, 1.54) is 11.0 Å². The zero-order chi connectivity index (χ0) is 19.0. The van der Waals surface area contributed by atoms with Crippen molar-refractivity contribution >= 4 is 17.5 Å². The molecule has 0 aliphatic carbocycles. The standard InChI is InChI=1S/C19H22FN3O3/c1-11-5-6-17(16(20)7-11)23-9-14(8-18(23)24)19(25)22(4)10-15-12(2)21-26-13(15)3/h5-7,14H,8-10H2,1-4H3. The molecule has 6 nitrogen and oxygen atoms in total. The molecule has 2 heterocycles. The molecule has 2 aromatic rings. The van der Waals surface area contributed by atoms with Crippen molar-refractivity contribution in [3.63, 3.8) is 0 Å². The zero-order valence-electron chi connectivity index (χ0n) is 15.4. The van der Waals surface area contributed by atoms with Crippen LogP contribution in [0.3, 0.4) is 0 Å². The van der Waals surface area contributed by atoms with Crippen LogP contribution in [0.2, 0.25) is 0 Å². The Kier molecular flexibility index (Phi) is 4.80. The van der Waals surface area contributed by atoms with E-state index in [1.807, 2.05) is 6.92 Å². The summed E-state index contributed by atoms with van der Waals surface area (Å²) in [5.74, 6) is -0.651. The molecule has 3 rings (SSSR count). The predicted molar refractivity (Wildman–Crippen MR) is 94.0 cm³/mol. The highest BCUT2D eigenvalue weighted by Crippen LogP contribution is 2.29. The van der Waals surface area contributed by atoms with E-state index in [-0.39, 0.29) is 30.5 Å². The molecule has 1 atom stereocenters. The van der Waals surface area contributed by atoms with Crippen LogP contribution in [0.1, 0.15) is 29.0 Å². The van der Waals surface area contributed by atoms with E-state index >= 15 is 0 Å². The lowest BCUT2D eigenvalue weighted by Crippen LogP contribution is -2.34. The van der Waals surface area contributed by atoms with Crippen LogP contribution in [-0.4, -0.2) is 35.5 Å². The summed E-state index contributed by atoms with van der Waals surface area (Å²) < 4.78 is 19.3. The minimum absolute atomic E-state index is 0.0814. The van der Waals surface area contributed by atoms with Crippen LogP contribution >= 0.6 is 0 Å². The highest BCUT2D eigenvalue weighted by atomic mass is 19.1. The quantitative estimate of drug-likeness (QED) is 0.842. The third kappa shape index (κ3) is 3.34. The van der Waals surface area contributed by atoms with E-state index in [2.05, 4.69) is 5.16 Å². The van der Waals surface area contributed by atoms with Crippen LogP contribution in [0.4, 0.5) is 10.1 Å². The topological polar surface area (TPSA) is 66.7 Å². The monoisotopic (exact) mass is 359 g/mol. The molecule has 0 N–H and O–H groups in total. The van der Waals surface area contributed by atoms with Crippen LogP contribution in [0.25, 0.3) is 0 Å². The van der Waals surface area contributed by atoms with E-state index in [0.29, 0.717) is 12.3 Å². The van der Waals surface area contributed by atoms with Crippen LogP contribution in [0.5, 0.6) is 0 Å². The number of aromatic nitrogens is 1. The maximum Gasteiger partial charge on any atom is 0.228 e. The first-order chi connectivity index (χ1) is 12.3. The average molecular weight is 359 g/mol. The molecule has 1 aliphatic heterocycles. The molecule has 1 unspecified atom stereocenters. The van der Waals surface area contributed by atoms with Crippen molar-refractivity contribution in [2.45, 2.75) is 33.7 Å². The lowest BCUT2D eigenvalue weighted by atomic mass is 10.1. The Balaban J connectivity index is 1.72. The number of aryl methyl sites for hydroxylation is 3. The number of halogens is 1. The van der Waals surface area contributed by atoms with Gasteiger partial charge in [-0.3, -0.25) is 9.59 Å². The fraction of sp³-hybridized carbons (Fsp3) is 0.421. The van der Waals surface area contributed by atoms with Crippen LogP contribution in [0, 0.1) is 32.5 Å². The second-order valence-corrected chi connectivity index (χ2v) is 6.86. The van der Waals surface area contributed by atoms with Crippen molar-refractivity contribution in [2.75, 3.05) is 18.5 Å². The van der Waals surface area contributed by atoms with Gasteiger partial charge in [-0.15, -0.1) is 0 Å². The maximum absolute atomic E-state index is 14.2. The molecule has 0 spiro atoms. The summed E-state index contributed by atoms with van der Waals surface area (Å²) >= 11 is 0. The van der Waals surface area contributed by atoms with E-state index in [4.69, 9.17) is 4.52 Å². The Labute approximate surface area is 151 Å². The number of nitrogens with zero attached hydrogens (tertiary/aromatic N) is 3. The van der Waals surface area contributed by atoms with E-state index < -0.39 is 11.7 Å². The van der Waals surface area contributed by atoms with Gasteiger partial charge in [-0.05, 0) is 38.5 Å². The van der Waals surface area contributed by atoms with Gasteiger partial charge in [-0.2, -0.15) is 0 Å². The third-order valence-corrected chi connectivity index (χ3v) is 4.82. The van der Waals surface area contributed by atoms with Crippen LogP contribution in [-0.2, 0) is 16.1 Å². The maximum atomic E-state index is 14.2. The molecular formula is C19H22FN3O3. The van der Waals surface area contributed by atoms with E-state index in [1.54, 1.807) is 37.9 Å². The molecule has 2 amide bonds. The van der Waals surface area contributed by atoms with E-state index in [9.17, 15) is 14.0 Å². The molecule has 0 radical (unpaired) electrons. The number of hydrogen-bond donors (Lipinski definition) is 0. The Morgan fingerprint density at radius 3 is 2.73 bits per heavy atom. The third-order valence-electron chi connectivity index (χ3n) is 4.82. The largest absolute Gasteiger partial charge is 0.361 e. The summed E-state index contributed by atoms with van der Waals surface area (Å²) in [4.78, 5) is 28.0. The fourth-order valence-electron chi connectivity index (χ4n) is 3.29. The first kappa shape index (κ1) is 18.1. The number of hydrogen-bond acceptors (Lipinski definition) is 4. The first-order valence-electron chi connectivity index (χ1n) is 8.51. The summed E-state index contributed by atoms with van der Waals surface area (Å²) in [6.07, 6.45) is 0.0814. The first-order valence-corrected chi connectivity index (χ1v) is 8.51. The Morgan fingerprint density at radius 2 is 2.12 bits per heavy atom. The number of benzene rings is 1. The van der Waals surface area contributed by atoms with Crippen LogP contribution in [0.15, 0.2) is 22.7 Å². The smallest absolute Gasteiger partial charge is 0.228 e. The molecule has 1 aromatic carbocycles. The average Bonchev–Trinajstić information content (AvgIpc) is 3.11. The zero-order valence-corrected chi connectivity index (χ0v) is 15.4. The van der Waals surface area contributed by atoms with Crippen molar-refractivity contribution in [2.24, 2.45) is 5.92 Å². The second kappa shape index (κ2) is 6.90. The van der Waals surface area contributed by atoms with Gasteiger partial charge < -0.3 is 14.3 Å². The summed E-state index contributed by atoms with van der Waals surface area (Å²) in [5, 5.41) is 3.89. The van der Waals surface area contributed by atoms with Gasteiger partial charge in [0, 0.05) is 25.6 Å². The number of rotatable bonds is 4. The Bertz CT molecular complexity index is 842. The van der Waals surface area contributed by atoms with Crippen molar-refractivity contribution in [3.8, 4) is 0 Å². The highest BCUT2D eigenvalue weighted by Gasteiger charge is 2.37. The Morgan fingerprint density at radius 1 is 1.38 bits per heavy atom. The second-order valence-electron chi connectivity index (χ2n) is 6.86. The molecule has 1 aliphatic rings. The van der Waals surface area contributed by atoms with Crippen molar-refractivity contribution in [1.82, 2.24) is 10.1 Å². The fourth-order valence-corrected chi connectivity index (χ4v) is 3.29. The lowest BCUT2D eigenvalue weighted by molar-refractivity contribution is -0.135. The predicted octanol–water partition coefficient (Wildman–Crippen LogP) is 2.75. The molecule has 26 heavy (non-hydrogen) atoms. The van der Waals surface area contributed by atoms with Gasteiger partial charge in [0.15, 0.2) is 0 Å². The van der Waals surface area contributed by atoms with Crippen LogP contribution < -0.4 is 4.90 Å². The minimum atomic E-state index is -0.492.